The Morgan fingerprint density at radius 2 is 1.80 bits per heavy atom. The summed E-state index contributed by atoms with van der Waals surface area (Å²) in [6.07, 6.45) is 0. The molecule has 0 spiro atoms. The first-order valence-corrected chi connectivity index (χ1v) is 9.72. The monoisotopic (exact) mass is 437 g/mol. The van der Waals surface area contributed by atoms with Crippen LogP contribution in [-0.2, 0) is 10.0 Å². The van der Waals surface area contributed by atoms with Gasteiger partial charge in [-0.3, -0.25) is 0 Å². The minimum Gasteiger partial charge on any atom is -0.206 e. The third-order valence-corrected chi connectivity index (χ3v) is 7.48. The third kappa shape index (κ3) is 3.71. The highest BCUT2D eigenvalue weighted by molar-refractivity contribution is 9.11. The molecule has 0 saturated heterocycles. The molecule has 0 bridgehead atoms. The normalized spacial score (nSPS) is 13.4. The van der Waals surface area contributed by atoms with Gasteiger partial charge in [-0.05, 0) is 59.1 Å². The first-order valence-electron chi connectivity index (χ1n) is 5.83. The first-order chi connectivity index (χ1) is 9.29. The minimum atomic E-state index is -3.49. The van der Waals surface area contributed by atoms with Gasteiger partial charge in [0.25, 0.3) is 10.0 Å². The van der Waals surface area contributed by atoms with Gasteiger partial charge in [0, 0.05) is 10.5 Å². The molecule has 3 nitrogen and oxygen atoms in total. The summed E-state index contributed by atoms with van der Waals surface area (Å²) in [5.74, 6) is 0. The second-order valence-corrected chi connectivity index (χ2v) is 9.64. The number of aryl methyl sites for hydroxylation is 1. The number of rotatable bonds is 4. The van der Waals surface area contributed by atoms with Gasteiger partial charge in [0.1, 0.15) is 4.21 Å². The lowest BCUT2D eigenvalue weighted by Crippen LogP contribution is -2.26. The molecule has 0 fully saturated rings. The van der Waals surface area contributed by atoms with Gasteiger partial charge in [0.05, 0.1) is 3.79 Å². The van der Waals surface area contributed by atoms with Crippen molar-refractivity contribution in [2.24, 2.45) is 0 Å². The highest BCUT2D eigenvalue weighted by Crippen LogP contribution is 2.31. The van der Waals surface area contributed by atoms with Crippen LogP contribution in [0.2, 0.25) is 0 Å². The van der Waals surface area contributed by atoms with Gasteiger partial charge in [-0.2, -0.15) is 0 Å². The fraction of sp³-hybridized carbons (Fsp3) is 0.231. The van der Waals surface area contributed by atoms with Crippen molar-refractivity contribution in [2.45, 2.75) is 24.1 Å². The van der Waals surface area contributed by atoms with E-state index in [1.807, 2.05) is 38.1 Å². The molecular weight excluding hydrogens is 426 g/mol. The summed E-state index contributed by atoms with van der Waals surface area (Å²) in [5.41, 5.74) is 1.84. The lowest BCUT2D eigenvalue weighted by atomic mass is 10.1. The van der Waals surface area contributed by atoms with Gasteiger partial charge in [-0.1, -0.05) is 28.1 Å². The van der Waals surface area contributed by atoms with E-state index in [2.05, 4.69) is 36.6 Å². The lowest BCUT2D eigenvalue weighted by molar-refractivity contribution is 0.569. The number of benzene rings is 1. The van der Waals surface area contributed by atoms with E-state index >= 15 is 0 Å². The van der Waals surface area contributed by atoms with Crippen molar-refractivity contribution in [3.63, 3.8) is 0 Å². The Morgan fingerprint density at radius 3 is 2.30 bits per heavy atom. The van der Waals surface area contributed by atoms with Crippen LogP contribution in [0.25, 0.3) is 0 Å². The van der Waals surface area contributed by atoms with E-state index in [0.29, 0.717) is 4.21 Å². The Labute approximate surface area is 139 Å². The molecule has 0 aliphatic carbocycles. The Morgan fingerprint density at radius 1 is 1.20 bits per heavy atom. The van der Waals surface area contributed by atoms with Gasteiger partial charge in [0.2, 0.25) is 0 Å². The standard InChI is InChI=1S/C13H13Br2NO2S2/c1-8-7-12(19-13(8)15)20(17,18)16-9(2)10-3-5-11(14)6-4-10/h3-7,9,16H,1-2H3/t9-/m1/s1. The molecule has 0 unspecified atom stereocenters. The molecule has 0 aliphatic rings. The average Bonchev–Trinajstić information content (AvgIpc) is 2.71. The summed E-state index contributed by atoms with van der Waals surface area (Å²) in [6, 6.07) is 8.97. The topological polar surface area (TPSA) is 46.2 Å². The second kappa shape index (κ2) is 6.27. The molecule has 1 aromatic carbocycles. The summed E-state index contributed by atoms with van der Waals surface area (Å²) in [6.45, 7) is 3.70. The van der Waals surface area contributed by atoms with Crippen molar-refractivity contribution in [3.8, 4) is 0 Å². The first kappa shape index (κ1) is 16.2. The molecule has 0 amide bonds. The van der Waals surface area contributed by atoms with Crippen LogP contribution in [0.4, 0.5) is 0 Å². The van der Waals surface area contributed by atoms with Gasteiger partial charge >= 0.3 is 0 Å². The van der Waals surface area contributed by atoms with Crippen LogP contribution >= 0.6 is 43.2 Å². The van der Waals surface area contributed by atoms with E-state index in [-0.39, 0.29) is 6.04 Å². The molecule has 2 rings (SSSR count). The number of hydrogen-bond acceptors (Lipinski definition) is 3. The van der Waals surface area contributed by atoms with E-state index in [4.69, 9.17) is 0 Å². The zero-order chi connectivity index (χ0) is 14.9. The highest BCUT2D eigenvalue weighted by Gasteiger charge is 2.21. The Hall–Kier alpha value is -0.210. The van der Waals surface area contributed by atoms with Crippen LogP contribution in [-0.4, -0.2) is 8.42 Å². The second-order valence-electron chi connectivity index (χ2n) is 4.42. The summed E-state index contributed by atoms with van der Waals surface area (Å²) >= 11 is 7.93. The smallest absolute Gasteiger partial charge is 0.206 e. The summed E-state index contributed by atoms with van der Waals surface area (Å²) < 4.78 is 29.5. The lowest BCUT2D eigenvalue weighted by Gasteiger charge is -2.13. The van der Waals surface area contributed by atoms with Crippen LogP contribution in [0.1, 0.15) is 24.1 Å². The summed E-state index contributed by atoms with van der Waals surface area (Å²) in [7, 11) is -3.49. The molecule has 1 aromatic heterocycles. The molecule has 108 valence electrons. The Bertz CT molecular complexity index is 689. The van der Waals surface area contributed by atoms with Gasteiger partial charge < -0.3 is 0 Å². The highest BCUT2D eigenvalue weighted by atomic mass is 79.9. The largest absolute Gasteiger partial charge is 0.250 e. The molecule has 2 aromatic rings. The minimum absolute atomic E-state index is 0.283. The van der Waals surface area contributed by atoms with Gasteiger partial charge in [-0.15, -0.1) is 11.3 Å². The van der Waals surface area contributed by atoms with Crippen molar-refractivity contribution in [1.29, 1.82) is 0 Å². The summed E-state index contributed by atoms with van der Waals surface area (Å²) in [5, 5.41) is 0. The SMILES string of the molecule is Cc1cc(S(=O)(=O)N[C@H](C)c2ccc(Br)cc2)sc1Br. The zero-order valence-electron chi connectivity index (χ0n) is 10.9. The molecule has 0 aliphatic heterocycles. The van der Waals surface area contributed by atoms with Crippen molar-refractivity contribution < 1.29 is 8.42 Å². The number of sulfonamides is 1. The molecular formula is C13H13Br2NO2S2. The van der Waals surface area contributed by atoms with E-state index < -0.39 is 10.0 Å². The van der Waals surface area contributed by atoms with E-state index in [0.717, 1.165) is 19.4 Å². The number of halogens is 2. The maximum absolute atomic E-state index is 12.3. The third-order valence-electron chi connectivity index (χ3n) is 2.80. The van der Waals surface area contributed by atoms with E-state index in [1.54, 1.807) is 6.07 Å². The van der Waals surface area contributed by atoms with Gasteiger partial charge in [0.15, 0.2) is 0 Å². The van der Waals surface area contributed by atoms with Crippen LogP contribution in [0.3, 0.4) is 0 Å². The number of nitrogens with one attached hydrogen (secondary N) is 1. The predicted octanol–water partition coefficient (Wildman–Crippen LogP) is 4.62. The molecule has 0 saturated carbocycles. The van der Waals surface area contributed by atoms with Crippen LogP contribution in [0.5, 0.6) is 0 Å². The molecule has 0 radical (unpaired) electrons. The van der Waals surface area contributed by atoms with Gasteiger partial charge in [-0.25, -0.2) is 13.1 Å². The van der Waals surface area contributed by atoms with Crippen LogP contribution in [0, 0.1) is 6.92 Å². The molecule has 1 atom stereocenters. The molecule has 7 heteroatoms. The Kier molecular flexibility index (Phi) is 5.07. The van der Waals surface area contributed by atoms with E-state index in [1.165, 1.54) is 11.3 Å². The van der Waals surface area contributed by atoms with Crippen molar-refractivity contribution in [1.82, 2.24) is 4.72 Å². The molecule has 1 heterocycles. The molecule has 20 heavy (non-hydrogen) atoms. The van der Waals surface area contributed by atoms with Crippen LogP contribution < -0.4 is 4.72 Å². The fourth-order valence-electron chi connectivity index (χ4n) is 1.67. The fourth-order valence-corrected chi connectivity index (χ4v) is 5.41. The van der Waals surface area contributed by atoms with Crippen LogP contribution in [0.15, 0.2) is 42.8 Å². The quantitative estimate of drug-likeness (QED) is 0.756. The van der Waals surface area contributed by atoms with E-state index in [9.17, 15) is 8.42 Å². The Balaban J connectivity index is 2.21. The van der Waals surface area contributed by atoms with Crippen molar-refractivity contribution >= 4 is 53.2 Å². The van der Waals surface area contributed by atoms with Crippen molar-refractivity contribution in [3.05, 3.63) is 49.7 Å². The number of thiophene rings is 1. The summed E-state index contributed by atoms with van der Waals surface area (Å²) in [4.78, 5) is 0. The zero-order valence-corrected chi connectivity index (χ0v) is 15.7. The number of hydrogen-bond donors (Lipinski definition) is 1. The van der Waals surface area contributed by atoms with Crippen molar-refractivity contribution in [2.75, 3.05) is 0 Å². The predicted molar refractivity (Wildman–Crippen MR) is 89.6 cm³/mol. The molecule has 1 N–H and O–H groups in total. The average molecular weight is 439 g/mol. The maximum atomic E-state index is 12.3. The maximum Gasteiger partial charge on any atom is 0.250 e.